The monoisotopic (exact) mass is 228 g/mol. The molecule has 3 heteroatoms. The molecule has 0 saturated carbocycles. The third kappa shape index (κ3) is 3.63. The number of rotatable bonds is 2. The number of likely N-dealkylation sites (tertiary alicyclic amines) is 1. The topological polar surface area (TPSA) is 15.3 Å². The molecule has 88 valence electrons. The van der Waals surface area contributed by atoms with Crippen LogP contribution in [0, 0.1) is 11.8 Å². The zero-order valence-electron chi connectivity index (χ0n) is 10.4. The van der Waals surface area contributed by atoms with Gasteiger partial charge in [-0.15, -0.1) is 0 Å². The normalized spacial score (nSPS) is 26.9. The summed E-state index contributed by atoms with van der Waals surface area (Å²) in [6, 6.07) is 0.589. The van der Waals surface area contributed by atoms with Gasteiger partial charge in [-0.2, -0.15) is 0 Å². The lowest BCUT2D eigenvalue weighted by Gasteiger charge is -2.39. The minimum Gasteiger partial charge on any atom is -0.362 e. The van der Waals surface area contributed by atoms with E-state index in [9.17, 15) is 0 Å². The molecule has 0 aliphatic carbocycles. The van der Waals surface area contributed by atoms with Gasteiger partial charge in [0.1, 0.15) is 0 Å². The number of nitrogens with one attached hydrogen (secondary N) is 1. The number of hydrogen-bond donors (Lipinski definition) is 1. The third-order valence-corrected chi connectivity index (χ3v) is 3.67. The molecule has 0 aromatic rings. The zero-order chi connectivity index (χ0) is 11.4. The van der Waals surface area contributed by atoms with Crippen LogP contribution in [0.2, 0.25) is 0 Å². The van der Waals surface area contributed by atoms with E-state index in [2.05, 4.69) is 37.9 Å². The van der Waals surface area contributed by atoms with Crippen molar-refractivity contribution in [2.45, 2.75) is 46.6 Å². The van der Waals surface area contributed by atoms with Crippen molar-refractivity contribution >= 4 is 17.3 Å². The lowest BCUT2D eigenvalue weighted by atomic mass is 9.92. The number of piperidine rings is 1. The van der Waals surface area contributed by atoms with Crippen LogP contribution in [0.1, 0.15) is 40.5 Å². The standard InChI is InChI=1S/C12H24N2S/c1-9(2)8-13-12(15)14-7-5-6-10(3)11(14)4/h9-11H,5-8H2,1-4H3,(H,13,15). The summed E-state index contributed by atoms with van der Waals surface area (Å²) in [5.74, 6) is 1.41. The first-order valence-electron chi connectivity index (χ1n) is 6.06. The van der Waals surface area contributed by atoms with Crippen LogP contribution >= 0.6 is 12.2 Å². The van der Waals surface area contributed by atoms with Gasteiger partial charge in [0.05, 0.1) is 0 Å². The molecule has 0 radical (unpaired) electrons. The largest absolute Gasteiger partial charge is 0.362 e. The lowest BCUT2D eigenvalue weighted by Crippen LogP contribution is -2.50. The number of nitrogens with zero attached hydrogens (tertiary/aromatic N) is 1. The molecule has 1 saturated heterocycles. The summed E-state index contributed by atoms with van der Waals surface area (Å²) in [4.78, 5) is 2.35. The highest BCUT2D eigenvalue weighted by atomic mass is 32.1. The molecule has 0 aromatic carbocycles. The molecule has 2 nitrogen and oxygen atoms in total. The molecule has 2 atom stereocenters. The Bertz CT molecular complexity index is 216. The Morgan fingerprint density at radius 3 is 2.73 bits per heavy atom. The van der Waals surface area contributed by atoms with Gasteiger partial charge in [0.25, 0.3) is 0 Å². The second kappa shape index (κ2) is 5.69. The molecule has 1 heterocycles. The van der Waals surface area contributed by atoms with E-state index in [0.717, 1.165) is 24.1 Å². The van der Waals surface area contributed by atoms with E-state index in [0.29, 0.717) is 12.0 Å². The van der Waals surface area contributed by atoms with E-state index in [1.165, 1.54) is 12.8 Å². The van der Waals surface area contributed by atoms with Crippen molar-refractivity contribution < 1.29 is 0 Å². The molecule has 1 fully saturated rings. The predicted molar refractivity (Wildman–Crippen MR) is 70.0 cm³/mol. The van der Waals surface area contributed by atoms with Crippen molar-refractivity contribution in [2.75, 3.05) is 13.1 Å². The smallest absolute Gasteiger partial charge is 0.169 e. The Morgan fingerprint density at radius 1 is 1.47 bits per heavy atom. The van der Waals surface area contributed by atoms with Gasteiger partial charge >= 0.3 is 0 Å². The summed E-state index contributed by atoms with van der Waals surface area (Å²) >= 11 is 5.44. The molecule has 1 N–H and O–H groups in total. The second-order valence-electron chi connectivity index (χ2n) is 5.13. The van der Waals surface area contributed by atoms with Gasteiger partial charge in [-0.1, -0.05) is 20.8 Å². The summed E-state index contributed by atoms with van der Waals surface area (Å²) in [5, 5.41) is 4.31. The van der Waals surface area contributed by atoms with E-state index < -0.39 is 0 Å². The summed E-state index contributed by atoms with van der Waals surface area (Å²) in [7, 11) is 0. The lowest BCUT2D eigenvalue weighted by molar-refractivity contribution is 0.189. The molecular weight excluding hydrogens is 204 g/mol. The summed E-state index contributed by atoms with van der Waals surface area (Å²) in [6.07, 6.45) is 2.61. The van der Waals surface area contributed by atoms with Crippen molar-refractivity contribution in [3.8, 4) is 0 Å². The molecule has 15 heavy (non-hydrogen) atoms. The molecule has 0 amide bonds. The Morgan fingerprint density at radius 2 is 2.13 bits per heavy atom. The van der Waals surface area contributed by atoms with Crippen molar-refractivity contribution in [1.82, 2.24) is 10.2 Å². The van der Waals surface area contributed by atoms with Crippen molar-refractivity contribution in [3.63, 3.8) is 0 Å². The van der Waals surface area contributed by atoms with Crippen molar-refractivity contribution in [2.24, 2.45) is 11.8 Å². The highest BCUT2D eigenvalue weighted by Crippen LogP contribution is 2.22. The maximum absolute atomic E-state index is 5.44. The maximum Gasteiger partial charge on any atom is 0.169 e. The third-order valence-electron chi connectivity index (χ3n) is 3.30. The first-order valence-corrected chi connectivity index (χ1v) is 6.47. The average Bonchev–Trinajstić information content (AvgIpc) is 2.18. The minimum absolute atomic E-state index is 0.589. The SMILES string of the molecule is CC(C)CNC(=S)N1CCCC(C)C1C. The van der Waals surface area contributed by atoms with E-state index in [1.54, 1.807) is 0 Å². The van der Waals surface area contributed by atoms with Crippen LogP contribution in [0.4, 0.5) is 0 Å². The van der Waals surface area contributed by atoms with Crippen LogP contribution < -0.4 is 5.32 Å². The van der Waals surface area contributed by atoms with Gasteiger partial charge < -0.3 is 10.2 Å². The van der Waals surface area contributed by atoms with E-state index in [1.807, 2.05) is 0 Å². The highest BCUT2D eigenvalue weighted by molar-refractivity contribution is 7.80. The fraction of sp³-hybridized carbons (Fsp3) is 0.917. The van der Waals surface area contributed by atoms with Gasteiger partial charge in [0.2, 0.25) is 0 Å². The van der Waals surface area contributed by atoms with Crippen LogP contribution in [-0.2, 0) is 0 Å². The molecule has 1 aliphatic heterocycles. The van der Waals surface area contributed by atoms with Crippen LogP contribution in [0.25, 0.3) is 0 Å². The summed E-state index contributed by atoms with van der Waals surface area (Å²) in [6.45, 7) is 11.1. The molecule has 0 spiro atoms. The Balaban J connectivity index is 2.43. The van der Waals surface area contributed by atoms with Gasteiger partial charge in [0.15, 0.2) is 5.11 Å². The highest BCUT2D eigenvalue weighted by Gasteiger charge is 2.26. The van der Waals surface area contributed by atoms with E-state index in [-0.39, 0.29) is 0 Å². The molecule has 1 rings (SSSR count). The predicted octanol–water partition coefficient (Wildman–Crippen LogP) is 2.64. The van der Waals surface area contributed by atoms with Gasteiger partial charge in [-0.25, -0.2) is 0 Å². The average molecular weight is 228 g/mol. The molecule has 0 aromatic heterocycles. The Kier molecular flexibility index (Phi) is 4.84. The minimum atomic E-state index is 0.589. The summed E-state index contributed by atoms with van der Waals surface area (Å²) in [5.41, 5.74) is 0. The van der Waals surface area contributed by atoms with Gasteiger partial charge in [-0.05, 0) is 43.8 Å². The molecular formula is C12H24N2S. The number of thiocarbonyl (C=S) groups is 1. The molecule has 0 bridgehead atoms. The Labute approximate surface area is 99.4 Å². The first kappa shape index (κ1) is 12.8. The fourth-order valence-electron chi connectivity index (χ4n) is 2.02. The van der Waals surface area contributed by atoms with E-state index in [4.69, 9.17) is 12.2 Å². The van der Waals surface area contributed by atoms with Crippen molar-refractivity contribution in [3.05, 3.63) is 0 Å². The first-order chi connectivity index (χ1) is 7.02. The molecule has 2 unspecified atom stereocenters. The Hall–Kier alpha value is -0.310. The van der Waals surface area contributed by atoms with Crippen molar-refractivity contribution in [1.29, 1.82) is 0 Å². The van der Waals surface area contributed by atoms with Crippen LogP contribution in [0.5, 0.6) is 0 Å². The zero-order valence-corrected chi connectivity index (χ0v) is 11.2. The van der Waals surface area contributed by atoms with Gasteiger partial charge in [-0.3, -0.25) is 0 Å². The molecule has 1 aliphatic rings. The maximum atomic E-state index is 5.44. The van der Waals surface area contributed by atoms with E-state index >= 15 is 0 Å². The van der Waals surface area contributed by atoms with Crippen LogP contribution in [0.15, 0.2) is 0 Å². The number of hydrogen-bond acceptors (Lipinski definition) is 1. The van der Waals surface area contributed by atoms with Gasteiger partial charge in [0, 0.05) is 19.1 Å². The second-order valence-corrected chi connectivity index (χ2v) is 5.52. The van der Waals surface area contributed by atoms with Crippen LogP contribution in [-0.4, -0.2) is 29.1 Å². The fourth-order valence-corrected chi connectivity index (χ4v) is 2.36. The quantitative estimate of drug-likeness (QED) is 0.732. The van der Waals surface area contributed by atoms with Crippen LogP contribution in [0.3, 0.4) is 0 Å². The summed E-state index contributed by atoms with van der Waals surface area (Å²) < 4.78 is 0.